The van der Waals surface area contributed by atoms with Crippen LogP contribution in [0.15, 0.2) is 11.1 Å². The lowest BCUT2D eigenvalue weighted by atomic mass is 10.2. The Hall–Kier alpha value is -0.590. The van der Waals surface area contributed by atoms with Crippen molar-refractivity contribution in [2.75, 3.05) is 0 Å². The third-order valence-corrected chi connectivity index (χ3v) is 2.39. The van der Waals surface area contributed by atoms with Gasteiger partial charge < -0.3 is 4.79 Å². The molecular formula is C9H12O. The van der Waals surface area contributed by atoms with Crippen LogP contribution in [0.3, 0.4) is 0 Å². The van der Waals surface area contributed by atoms with Gasteiger partial charge in [-0.25, -0.2) is 0 Å². The molecule has 0 amide bonds. The molecule has 0 aromatic carbocycles. The monoisotopic (exact) mass is 136 g/mol. The lowest BCUT2D eigenvalue weighted by molar-refractivity contribution is -0.107. The van der Waals surface area contributed by atoms with Crippen LogP contribution in [0.2, 0.25) is 0 Å². The summed E-state index contributed by atoms with van der Waals surface area (Å²) in [6, 6.07) is 0. The van der Waals surface area contributed by atoms with Gasteiger partial charge in [0.1, 0.15) is 6.29 Å². The van der Waals surface area contributed by atoms with E-state index < -0.39 is 0 Å². The van der Waals surface area contributed by atoms with Crippen LogP contribution >= 0.6 is 0 Å². The van der Waals surface area contributed by atoms with Crippen LogP contribution in [-0.2, 0) is 4.79 Å². The fourth-order valence-corrected chi connectivity index (χ4v) is 1.57. The Morgan fingerprint density at radius 3 is 2.90 bits per heavy atom. The minimum absolute atomic E-state index is 0.765. The molecule has 2 aliphatic carbocycles. The highest BCUT2D eigenvalue weighted by atomic mass is 16.1. The van der Waals surface area contributed by atoms with E-state index in [-0.39, 0.29) is 0 Å². The molecule has 54 valence electrons. The Labute approximate surface area is 61.1 Å². The van der Waals surface area contributed by atoms with Crippen LogP contribution in [0, 0.1) is 5.92 Å². The van der Waals surface area contributed by atoms with E-state index in [1.54, 1.807) is 11.1 Å². The Bertz CT molecular complexity index is 185. The maximum Gasteiger partial charge on any atom is 0.120 e. The molecule has 0 aromatic heterocycles. The molecule has 0 N–H and O–H groups in total. The lowest BCUT2D eigenvalue weighted by Gasteiger charge is -1.84. The molecule has 2 rings (SSSR count). The highest BCUT2D eigenvalue weighted by Gasteiger charge is 2.34. The Kier molecular flexibility index (Phi) is 1.37. The van der Waals surface area contributed by atoms with Crippen LogP contribution in [0.5, 0.6) is 0 Å². The summed E-state index contributed by atoms with van der Waals surface area (Å²) < 4.78 is 0. The fraction of sp³-hybridized carbons (Fsp3) is 0.667. The first-order chi connectivity index (χ1) is 4.92. The van der Waals surface area contributed by atoms with Crippen molar-refractivity contribution in [3.05, 3.63) is 11.1 Å². The van der Waals surface area contributed by atoms with Crippen molar-refractivity contribution in [1.82, 2.24) is 0 Å². The summed E-state index contributed by atoms with van der Waals surface area (Å²) >= 11 is 0. The van der Waals surface area contributed by atoms with Crippen LogP contribution in [0.25, 0.3) is 0 Å². The van der Waals surface area contributed by atoms with E-state index in [1.807, 2.05) is 0 Å². The van der Waals surface area contributed by atoms with Crippen molar-refractivity contribution >= 4 is 6.29 Å². The number of allylic oxidation sites excluding steroid dienone is 2. The van der Waals surface area contributed by atoms with Crippen molar-refractivity contribution in [3.8, 4) is 0 Å². The second-order valence-corrected chi connectivity index (χ2v) is 3.27. The number of rotatable bonds is 3. The average Bonchev–Trinajstić information content (AvgIpc) is 2.77. The van der Waals surface area contributed by atoms with Crippen molar-refractivity contribution in [2.24, 2.45) is 5.92 Å². The molecule has 1 unspecified atom stereocenters. The van der Waals surface area contributed by atoms with E-state index in [0.717, 1.165) is 25.0 Å². The second kappa shape index (κ2) is 2.22. The molecule has 0 radical (unpaired) electrons. The minimum Gasteiger partial charge on any atom is -0.303 e. The number of carbonyl (C=O) groups is 1. The van der Waals surface area contributed by atoms with E-state index in [1.165, 1.54) is 19.3 Å². The maximum absolute atomic E-state index is 10.0. The number of aldehydes is 1. The average molecular weight is 136 g/mol. The molecule has 0 heterocycles. The Morgan fingerprint density at radius 2 is 2.30 bits per heavy atom. The molecule has 2 saturated carbocycles. The van der Waals surface area contributed by atoms with Crippen molar-refractivity contribution in [3.63, 3.8) is 0 Å². The summed E-state index contributed by atoms with van der Waals surface area (Å²) in [4.78, 5) is 10.0. The molecule has 1 heteroatoms. The highest BCUT2D eigenvalue weighted by molar-refractivity contribution is 5.50. The maximum atomic E-state index is 10.0. The molecule has 10 heavy (non-hydrogen) atoms. The third-order valence-electron chi connectivity index (χ3n) is 2.39. The lowest BCUT2D eigenvalue weighted by Crippen LogP contribution is -1.77. The summed E-state index contributed by atoms with van der Waals surface area (Å²) in [7, 11) is 0. The number of hydrogen-bond donors (Lipinski definition) is 0. The van der Waals surface area contributed by atoms with E-state index >= 15 is 0 Å². The smallest absolute Gasteiger partial charge is 0.120 e. The molecule has 0 spiro atoms. The van der Waals surface area contributed by atoms with Crippen LogP contribution in [-0.4, -0.2) is 6.29 Å². The standard InChI is InChI=1S/C9H12O/c10-5-1-2-8-6-9(8)7-3-4-7/h5,8H,1-4,6H2. The SMILES string of the molecule is O=CCCC1CC1=C1CC1. The molecule has 0 aliphatic heterocycles. The second-order valence-electron chi connectivity index (χ2n) is 3.27. The Balaban J connectivity index is 1.79. The van der Waals surface area contributed by atoms with E-state index in [0.29, 0.717) is 0 Å². The zero-order valence-electron chi connectivity index (χ0n) is 6.10. The summed E-state index contributed by atoms with van der Waals surface area (Å²) in [6.45, 7) is 0. The molecule has 2 aliphatic rings. The minimum atomic E-state index is 0.765. The van der Waals surface area contributed by atoms with Gasteiger partial charge >= 0.3 is 0 Å². The Morgan fingerprint density at radius 1 is 1.50 bits per heavy atom. The zero-order valence-corrected chi connectivity index (χ0v) is 6.10. The normalized spacial score (nSPS) is 28.6. The summed E-state index contributed by atoms with van der Waals surface area (Å²) in [5.74, 6) is 0.822. The van der Waals surface area contributed by atoms with Crippen LogP contribution in [0.1, 0.15) is 32.1 Å². The molecule has 2 fully saturated rings. The van der Waals surface area contributed by atoms with Gasteiger partial charge in [-0.2, -0.15) is 0 Å². The third kappa shape index (κ3) is 1.13. The van der Waals surface area contributed by atoms with Crippen molar-refractivity contribution in [2.45, 2.75) is 32.1 Å². The van der Waals surface area contributed by atoms with Gasteiger partial charge in [-0.05, 0) is 31.6 Å². The largest absolute Gasteiger partial charge is 0.303 e. The molecule has 1 atom stereocenters. The van der Waals surface area contributed by atoms with Gasteiger partial charge in [-0.1, -0.05) is 11.1 Å². The van der Waals surface area contributed by atoms with Gasteiger partial charge in [0, 0.05) is 6.42 Å². The van der Waals surface area contributed by atoms with Gasteiger partial charge in [-0.15, -0.1) is 0 Å². The first-order valence-electron chi connectivity index (χ1n) is 4.06. The summed E-state index contributed by atoms with van der Waals surface area (Å²) in [5.41, 5.74) is 3.40. The fourth-order valence-electron chi connectivity index (χ4n) is 1.57. The van der Waals surface area contributed by atoms with Gasteiger partial charge in [0.2, 0.25) is 0 Å². The number of hydrogen-bond acceptors (Lipinski definition) is 1. The topological polar surface area (TPSA) is 17.1 Å². The summed E-state index contributed by atoms with van der Waals surface area (Å²) in [5, 5.41) is 0. The first-order valence-corrected chi connectivity index (χ1v) is 4.06. The first kappa shape index (κ1) is 6.14. The van der Waals surface area contributed by atoms with Gasteiger partial charge in [-0.3, -0.25) is 0 Å². The van der Waals surface area contributed by atoms with E-state index in [9.17, 15) is 4.79 Å². The molecule has 0 aromatic rings. The number of carbonyl (C=O) groups excluding carboxylic acids is 1. The highest BCUT2D eigenvalue weighted by Crippen LogP contribution is 2.50. The van der Waals surface area contributed by atoms with Crippen LogP contribution in [0.4, 0.5) is 0 Å². The van der Waals surface area contributed by atoms with Crippen LogP contribution < -0.4 is 0 Å². The predicted molar refractivity (Wildman–Crippen MR) is 39.7 cm³/mol. The van der Waals surface area contributed by atoms with Gasteiger partial charge in [0.15, 0.2) is 0 Å². The van der Waals surface area contributed by atoms with Crippen molar-refractivity contribution < 1.29 is 4.79 Å². The van der Waals surface area contributed by atoms with E-state index in [2.05, 4.69) is 0 Å². The predicted octanol–water partition coefficient (Wildman–Crippen LogP) is 2.08. The zero-order chi connectivity index (χ0) is 6.97. The summed E-state index contributed by atoms with van der Waals surface area (Å²) in [6.07, 6.45) is 6.93. The molecule has 0 saturated heterocycles. The van der Waals surface area contributed by atoms with Gasteiger partial charge in [0.05, 0.1) is 0 Å². The van der Waals surface area contributed by atoms with Crippen molar-refractivity contribution in [1.29, 1.82) is 0 Å². The molecule has 1 nitrogen and oxygen atoms in total. The van der Waals surface area contributed by atoms with Gasteiger partial charge in [0.25, 0.3) is 0 Å². The molecule has 0 bridgehead atoms. The quantitative estimate of drug-likeness (QED) is 0.429. The van der Waals surface area contributed by atoms with E-state index in [4.69, 9.17) is 0 Å². The molecular weight excluding hydrogens is 124 g/mol.